The van der Waals surface area contributed by atoms with Gasteiger partial charge in [-0.15, -0.1) is 0 Å². The summed E-state index contributed by atoms with van der Waals surface area (Å²) in [5, 5.41) is 8.91. The van der Waals surface area contributed by atoms with E-state index in [0.717, 1.165) is 39.1 Å². The number of hydrogen-bond donors (Lipinski definition) is 1. The van der Waals surface area contributed by atoms with Gasteiger partial charge in [-0.2, -0.15) is 0 Å². The molecule has 0 bridgehead atoms. The monoisotopic (exact) mass is 270 g/mol. The molecule has 0 amide bonds. The van der Waals surface area contributed by atoms with Crippen molar-refractivity contribution in [1.82, 2.24) is 9.80 Å². The number of nitrogens with zero attached hydrogens (tertiary/aromatic N) is 2. The van der Waals surface area contributed by atoms with Crippen LogP contribution in [0, 0.1) is 0 Å². The van der Waals surface area contributed by atoms with Gasteiger partial charge in [0, 0.05) is 38.8 Å². The van der Waals surface area contributed by atoms with Crippen LogP contribution in [0.5, 0.6) is 0 Å². The Balaban J connectivity index is 1.70. The van der Waals surface area contributed by atoms with Crippen LogP contribution in [0.2, 0.25) is 0 Å². The summed E-state index contributed by atoms with van der Waals surface area (Å²) >= 11 is 0. The van der Waals surface area contributed by atoms with Crippen molar-refractivity contribution in [2.75, 3.05) is 32.7 Å². The second-order valence-corrected chi connectivity index (χ2v) is 5.76. The molecule has 2 aliphatic rings. The molecule has 3 unspecified atom stereocenters. The fourth-order valence-electron chi connectivity index (χ4n) is 2.95. The number of ether oxygens (including phenoxy) is 1. The largest absolute Gasteiger partial charge is 0.479 e. The zero-order valence-corrected chi connectivity index (χ0v) is 12.0. The molecule has 0 aromatic heterocycles. The average Bonchev–Trinajstić information content (AvgIpc) is 2.87. The highest BCUT2D eigenvalue weighted by Gasteiger charge is 2.32. The first-order valence-electron chi connectivity index (χ1n) is 7.44. The van der Waals surface area contributed by atoms with Gasteiger partial charge in [0.25, 0.3) is 0 Å². The Bertz CT molecular complexity index is 303. The van der Waals surface area contributed by atoms with E-state index < -0.39 is 12.1 Å². The van der Waals surface area contributed by atoms with E-state index in [1.807, 2.05) is 0 Å². The topological polar surface area (TPSA) is 53.0 Å². The Hall–Kier alpha value is -0.650. The molecule has 1 N–H and O–H groups in total. The summed E-state index contributed by atoms with van der Waals surface area (Å²) in [6.45, 7) is 9.78. The van der Waals surface area contributed by atoms with Crippen LogP contribution in [0.3, 0.4) is 0 Å². The molecule has 5 heteroatoms. The molecule has 2 heterocycles. The Labute approximate surface area is 115 Å². The summed E-state index contributed by atoms with van der Waals surface area (Å²) in [6.07, 6.45) is 2.27. The molecule has 0 aliphatic carbocycles. The Morgan fingerprint density at radius 2 is 2.00 bits per heavy atom. The summed E-state index contributed by atoms with van der Waals surface area (Å²) < 4.78 is 5.57. The van der Waals surface area contributed by atoms with Gasteiger partial charge in [-0.3, -0.25) is 9.80 Å². The SMILES string of the molecule is CCC(C)N1CCN(CC2CCC(C(=O)O)O2)CC1. The first-order valence-corrected chi connectivity index (χ1v) is 7.44. The third kappa shape index (κ3) is 3.91. The van der Waals surface area contributed by atoms with Crippen LogP contribution in [0.25, 0.3) is 0 Å². The van der Waals surface area contributed by atoms with Gasteiger partial charge in [0.05, 0.1) is 6.10 Å². The molecule has 110 valence electrons. The quantitative estimate of drug-likeness (QED) is 0.809. The van der Waals surface area contributed by atoms with E-state index in [2.05, 4.69) is 23.6 Å². The lowest BCUT2D eigenvalue weighted by atomic mass is 10.1. The highest BCUT2D eigenvalue weighted by Crippen LogP contribution is 2.21. The van der Waals surface area contributed by atoms with Crippen molar-refractivity contribution in [3.63, 3.8) is 0 Å². The first-order chi connectivity index (χ1) is 9.10. The number of carbonyl (C=O) groups is 1. The van der Waals surface area contributed by atoms with Gasteiger partial charge >= 0.3 is 5.97 Å². The molecular formula is C14H26N2O3. The lowest BCUT2D eigenvalue weighted by Crippen LogP contribution is -2.51. The predicted octanol–water partition coefficient (Wildman–Crippen LogP) is 1.03. The number of aliphatic carboxylic acids is 1. The van der Waals surface area contributed by atoms with E-state index in [0.29, 0.717) is 12.5 Å². The third-order valence-electron chi connectivity index (χ3n) is 4.47. The fourth-order valence-corrected chi connectivity index (χ4v) is 2.95. The van der Waals surface area contributed by atoms with Crippen molar-refractivity contribution in [3.8, 4) is 0 Å². The number of piperazine rings is 1. The predicted molar refractivity (Wildman–Crippen MR) is 73.3 cm³/mol. The molecule has 2 fully saturated rings. The van der Waals surface area contributed by atoms with E-state index in [1.54, 1.807) is 0 Å². The maximum absolute atomic E-state index is 10.8. The fraction of sp³-hybridized carbons (Fsp3) is 0.929. The van der Waals surface area contributed by atoms with Crippen LogP contribution in [0.1, 0.15) is 33.1 Å². The molecule has 3 atom stereocenters. The van der Waals surface area contributed by atoms with Crippen LogP contribution in [0.4, 0.5) is 0 Å². The summed E-state index contributed by atoms with van der Waals surface area (Å²) in [7, 11) is 0. The summed E-state index contributed by atoms with van der Waals surface area (Å²) in [4.78, 5) is 15.8. The van der Waals surface area contributed by atoms with Crippen molar-refractivity contribution in [3.05, 3.63) is 0 Å². The molecule has 5 nitrogen and oxygen atoms in total. The number of carboxylic acid groups (broad SMARTS) is 1. The second-order valence-electron chi connectivity index (χ2n) is 5.76. The Morgan fingerprint density at radius 1 is 1.32 bits per heavy atom. The number of carboxylic acids is 1. The Kier molecular flexibility index (Phi) is 5.19. The molecule has 0 aromatic rings. The van der Waals surface area contributed by atoms with Crippen molar-refractivity contribution in [2.24, 2.45) is 0 Å². The second kappa shape index (κ2) is 6.68. The van der Waals surface area contributed by atoms with Gasteiger partial charge in [-0.25, -0.2) is 4.79 Å². The van der Waals surface area contributed by atoms with E-state index in [1.165, 1.54) is 6.42 Å². The van der Waals surface area contributed by atoms with Crippen LogP contribution in [-0.4, -0.2) is 71.8 Å². The zero-order chi connectivity index (χ0) is 13.8. The lowest BCUT2D eigenvalue weighted by molar-refractivity contribution is -0.149. The minimum Gasteiger partial charge on any atom is -0.479 e. The molecule has 2 saturated heterocycles. The molecule has 0 spiro atoms. The zero-order valence-electron chi connectivity index (χ0n) is 12.0. The van der Waals surface area contributed by atoms with E-state index >= 15 is 0 Å². The number of hydrogen-bond acceptors (Lipinski definition) is 4. The van der Waals surface area contributed by atoms with Crippen LogP contribution in [-0.2, 0) is 9.53 Å². The maximum Gasteiger partial charge on any atom is 0.332 e. The van der Waals surface area contributed by atoms with Gasteiger partial charge in [-0.1, -0.05) is 6.92 Å². The van der Waals surface area contributed by atoms with Crippen molar-refractivity contribution < 1.29 is 14.6 Å². The standard InChI is InChI=1S/C14H26N2O3/c1-3-11(2)16-8-6-15(7-9-16)10-12-4-5-13(19-12)14(17)18/h11-13H,3-10H2,1-2H3,(H,17,18). The van der Waals surface area contributed by atoms with Gasteiger partial charge < -0.3 is 9.84 Å². The normalized spacial score (nSPS) is 31.5. The van der Waals surface area contributed by atoms with Crippen molar-refractivity contribution in [2.45, 2.75) is 51.4 Å². The number of rotatable bonds is 5. The van der Waals surface area contributed by atoms with Crippen LogP contribution in [0.15, 0.2) is 0 Å². The first kappa shape index (κ1) is 14.8. The molecule has 2 rings (SSSR count). The molecule has 2 aliphatic heterocycles. The van der Waals surface area contributed by atoms with Crippen LogP contribution >= 0.6 is 0 Å². The third-order valence-corrected chi connectivity index (χ3v) is 4.47. The Morgan fingerprint density at radius 3 is 2.53 bits per heavy atom. The minimum atomic E-state index is -0.816. The lowest BCUT2D eigenvalue weighted by Gasteiger charge is -2.38. The van der Waals surface area contributed by atoms with E-state index in [9.17, 15) is 4.79 Å². The summed E-state index contributed by atoms with van der Waals surface area (Å²) in [6, 6.07) is 0.668. The van der Waals surface area contributed by atoms with Crippen LogP contribution < -0.4 is 0 Å². The summed E-state index contributed by atoms with van der Waals surface area (Å²) in [5.74, 6) is -0.816. The van der Waals surface area contributed by atoms with Crippen molar-refractivity contribution in [1.29, 1.82) is 0 Å². The van der Waals surface area contributed by atoms with Gasteiger partial charge in [0.2, 0.25) is 0 Å². The van der Waals surface area contributed by atoms with E-state index in [4.69, 9.17) is 9.84 Å². The highest BCUT2D eigenvalue weighted by atomic mass is 16.5. The summed E-state index contributed by atoms with van der Waals surface area (Å²) in [5.41, 5.74) is 0. The molecular weight excluding hydrogens is 244 g/mol. The van der Waals surface area contributed by atoms with Gasteiger partial charge in [-0.05, 0) is 26.2 Å². The molecule has 0 saturated carbocycles. The maximum atomic E-state index is 10.8. The molecule has 0 aromatic carbocycles. The van der Waals surface area contributed by atoms with Gasteiger partial charge in [0.1, 0.15) is 0 Å². The average molecular weight is 270 g/mol. The van der Waals surface area contributed by atoms with Crippen molar-refractivity contribution >= 4 is 5.97 Å². The van der Waals surface area contributed by atoms with E-state index in [-0.39, 0.29) is 6.10 Å². The molecule has 19 heavy (non-hydrogen) atoms. The smallest absolute Gasteiger partial charge is 0.332 e. The van der Waals surface area contributed by atoms with Gasteiger partial charge in [0.15, 0.2) is 6.10 Å². The minimum absolute atomic E-state index is 0.108. The highest BCUT2D eigenvalue weighted by molar-refractivity contribution is 5.72. The molecule has 0 radical (unpaired) electrons.